The zero-order chi connectivity index (χ0) is 13.1. The molecule has 1 heterocycles. The van der Waals surface area contributed by atoms with E-state index >= 15 is 0 Å². The molecule has 1 N–H and O–H groups in total. The Morgan fingerprint density at radius 2 is 1.82 bits per heavy atom. The average Bonchev–Trinajstić information content (AvgIpc) is 2.25. The van der Waals surface area contributed by atoms with Gasteiger partial charge in [-0.05, 0) is 12.8 Å². The number of carbonyl (C=O) groups excluding carboxylic acids is 1. The summed E-state index contributed by atoms with van der Waals surface area (Å²) < 4.78 is 21.8. The van der Waals surface area contributed by atoms with Crippen molar-refractivity contribution in [3.05, 3.63) is 0 Å². The van der Waals surface area contributed by atoms with E-state index in [4.69, 9.17) is 5.11 Å². The topological polar surface area (TPSA) is 91.8 Å². The summed E-state index contributed by atoms with van der Waals surface area (Å²) in [6.45, 7) is 0.805. The molecule has 1 aliphatic rings. The van der Waals surface area contributed by atoms with Gasteiger partial charge in [-0.15, -0.1) is 0 Å². The Hall–Kier alpha value is -1.11. The van der Waals surface area contributed by atoms with E-state index in [0.29, 0.717) is 25.9 Å². The molecule has 0 saturated carbocycles. The number of likely N-dealkylation sites (tertiary alicyclic amines) is 1. The summed E-state index contributed by atoms with van der Waals surface area (Å²) in [5.41, 5.74) is 0. The van der Waals surface area contributed by atoms with E-state index in [1.54, 1.807) is 4.90 Å². The molecule has 0 aliphatic carbocycles. The second-order valence-electron chi connectivity index (χ2n) is 4.37. The number of nitrogens with zero attached hydrogens (tertiary/aromatic N) is 1. The van der Waals surface area contributed by atoms with Gasteiger partial charge in [0.1, 0.15) is 9.84 Å². The third-order valence-electron chi connectivity index (χ3n) is 2.88. The summed E-state index contributed by atoms with van der Waals surface area (Å²) in [4.78, 5) is 23.9. The Bertz CT molecular complexity index is 395. The van der Waals surface area contributed by atoms with E-state index in [9.17, 15) is 18.0 Å². The second kappa shape index (κ2) is 5.48. The summed E-state index contributed by atoms with van der Waals surface area (Å²) in [6.07, 6.45) is 1.97. The van der Waals surface area contributed by atoms with Gasteiger partial charge in [-0.3, -0.25) is 9.59 Å². The molecule has 0 spiro atoms. The maximum Gasteiger partial charge on any atom is 0.306 e. The maximum atomic E-state index is 11.6. The number of hydrogen-bond acceptors (Lipinski definition) is 4. The summed E-state index contributed by atoms with van der Waals surface area (Å²) in [6, 6.07) is 0. The van der Waals surface area contributed by atoms with Crippen LogP contribution < -0.4 is 0 Å². The van der Waals surface area contributed by atoms with Crippen molar-refractivity contribution in [2.45, 2.75) is 19.3 Å². The van der Waals surface area contributed by atoms with Crippen LogP contribution in [0, 0.1) is 5.92 Å². The lowest BCUT2D eigenvalue weighted by Crippen LogP contribution is -2.40. The first-order chi connectivity index (χ1) is 7.79. The minimum Gasteiger partial charge on any atom is -0.481 e. The highest BCUT2D eigenvalue weighted by Gasteiger charge is 2.26. The fourth-order valence-electron chi connectivity index (χ4n) is 1.81. The molecule has 0 radical (unpaired) electrons. The van der Waals surface area contributed by atoms with Crippen LogP contribution in [0.2, 0.25) is 0 Å². The first kappa shape index (κ1) is 14.0. The van der Waals surface area contributed by atoms with Crippen LogP contribution in [-0.2, 0) is 19.4 Å². The predicted molar refractivity (Wildman–Crippen MR) is 61.3 cm³/mol. The van der Waals surface area contributed by atoms with Crippen molar-refractivity contribution in [2.75, 3.05) is 25.1 Å². The van der Waals surface area contributed by atoms with E-state index in [0.717, 1.165) is 6.26 Å². The zero-order valence-corrected chi connectivity index (χ0v) is 10.6. The maximum absolute atomic E-state index is 11.6. The molecule has 0 unspecified atom stereocenters. The number of amides is 1. The van der Waals surface area contributed by atoms with E-state index in [1.165, 1.54) is 0 Å². The van der Waals surface area contributed by atoms with Crippen LogP contribution in [0.4, 0.5) is 0 Å². The first-order valence-corrected chi connectivity index (χ1v) is 7.54. The van der Waals surface area contributed by atoms with Crippen LogP contribution in [0.25, 0.3) is 0 Å². The van der Waals surface area contributed by atoms with Gasteiger partial charge in [0.25, 0.3) is 0 Å². The van der Waals surface area contributed by atoms with Crippen LogP contribution in [0.1, 0.15) is 19.3 Å². The fraction of sp³-hybridized carbons (Fsp3) is 0.800. The Morgan fingerprint density at radius 3 is 2.24 bits per heavy atom. The van der Waals surface area contributed by atoms with Crippen molar-refractivity contribution in [1.82, 2.24) is 4.90 Å². The van der Waals surface area contributed by atoms with E-state index < -0.39 is 15.8 Å². The molecule has 6 nitrogen and oxygen atoms in total. The second-order valence-corrected chi connectivity index (χ2v) is 6.63. The van der Waals surface area contributed by atoms with Crippen LogP contribution in [-0.4, -0.2) is 55.4 Å². The standard InChI is InChI=1S/C10H17NO5S/c1-17(15,16)7-4-9(12)11-5-2-8(3-6-11)10(13)14/h8H,2-7H2,1H3,(H,13,14). The molecule has 0 aromatic rings. The van der Waals surface area contributed by atoms with Gasteiger partial charge in [-0.1, -0.05) is 0 Å². The quantitative estimate of drug-likeness (QED) is 0.754. The Kier molecular flexibility index (Phi) is 4.50. The van der Waals surface area contributed by atoms with Crippen molar-refractivity contribution < 1.29 is 23.1 Å². The van der Waals surface area contributed by atoms with Gasteiger partial charge >= 0.3 is 5.97 Å². The van der Waals surface area contributed by atoms with E-state index in [2.05, 4.69) is 0 Å². The number of piperidine rings is 1. The number of carboxylic acids is 1. The zero-order valence-electron chi connectivity index (χ0n) is 9.76. The number of carbonyl (C=O) groups is 2. The highest BCUT2D eigenvalue weighted by atomic mass is 32.2. The molecule has 1 aliphatic heterocycles. The largest absolute Gasteiger partial charge is 0.481 e. The van der Waals surface area contributed by atoms with Gasteiger partial charge in [0.05, 0.1) is 11.7 Å². The fourth-order valence-corrected chi connectivity index (χ4v) is 2.35. The third-order valence-corrected chi connectivity index (χ3v) is 3.83. The smallest absolute Gasteiger partial charge is 0.306 e. The highest BCUT2D eigenvalue weighted by Crippen LogP contribution is 2.17. The van der Waals surface area contributed by atoms with E-state index in [-0.39, 0.29) is 24.0 Å². The third kappa shape index (κ3) is 4.72. The van der Waals surface area contributed by atoms with Gasteiger partial charge in [0.15, 0.2) is 0 Å². The summed E-state index contributed by atoms with van der Waals surface area (Å²) in [7, 11) is -3.12. The van der Waals surface area contributed by atoms with Gasteiger partial charge in [-0.25, -0.2) is 8.42 Å². The summed E-state index contributed by atoms with van der Waals surface area (Å²) in [5.74, 6) is -1.56. The Balaban J connectivity index is 2.38. The number of aliphatic carboxylic acids is 1. The SMILES string of the molecule is CS(=O)(=O)CCC(=O)N1CCC(C(=O)O)CC1. The van der Waals surface area contributed by atoms with Crippen molar-refractivity contribution in [2.24, 2.45) is 5.92 Å². The average molecular weight is 263 g/mol. The van der Waals surface area contributed by atoms with Crippen LogP contribution in [0.5, 0.6) is 0 Å². The van der Waals surface area contributed by atoms with Crippen molar-refractivity contribution in [1.29, 1.82) is 0 Å². The minimum absolute atomic E-state index is 0.0173. The first-order valence-electron chi connectivity index (χ1n) is 5.48. The normalized spacial score (nSPS) is 18.1. The number of sulfone groups is 1. The van der Waals surface area contributed by atoms with Gasteiger partial charge in [0.2, 0.25) is 5.91 Å². The molecule has 1 saturated heterocycles. The Morgan fingerprint density at radius 1 is 1.29 bits per heavy atom. The van der Waals surface area contributed by atoms with Crippen molar-refractivity contribution in [3.8, 4) is 0 Å². The summed E-state index contributed by atoms with van der Waals surface area (Å²) >= 11 is 0. The molecule has 0 aromatic carbocycles. The summed E-state index contributed by atoms with van der Waals surface area (Å²) in [5, 5.41) is 8.79. The lowest BCUT2D eigenvalue weighted by atomic mass is 9.97. The molecule has 98 valence electrons. The molecule has 0 bridgehead atoms. The monoisotopic (exact) mass is 263 g/mol. The molecule has 17 heavy (non-hydrogen) atoms. The predicted octanol–water partition coefficient (Wildman–Crippen LogP) is -0.256. The van der Waals surface area contributed by atoms with Crippen LogP contribution in [0.15, 0.2) is 0 Å². The van der Waals surface area contributed by atoms with Crippen molar-refractivity contribution >= 4 is 21.7 Å². The molecule has 1 rings (SSSR count). The molecule has 1 amide bonds. The Labute approximate surface area is 101 Å². The van der Waals surface area contributed by atoms with Crippen LogP contribution >= 0.6 is 0 Å². The van der Waals surface area contributed by atoms with Crippen LogP contribution in [0.3, 0.4) is 0 Å². The number of hydrogen-bond donors (Lipinski definition) is 1. The molecule has 0 aromatic heterocycles. The molecule has 0 atom stereocenters. The minimum atomic E-state index is -3.12. The highest BCUT2D eigenvalue weighted by molar-refractivity contribution is 7.90. The number of rotatable bonds is 4. The van der Waals surface area contributed by atoms with Gasteiger partial charge in [0, 0.05) is 25.8 Å². The van der Waals surface area contributed by atoms with E-state index in [1.807, 2.05) is 0 Å². The lowest BCUT2D eigenvalue weighted by Gasteiger charge is -2.30. The van der Waals surface area contributed by atoms with Gasteiger partial charge < -0.3 is 10.0 Å². The molecule has 7 heteroatoms. The van der Waals surface area contributed by atoms with Gasteiger partial charge in [-0.2, -0.15) is 0 Å². The lowest BCUT2D eigenvalue weighted by molar-refractivity contribution is -0.145. The molecular formula is C10H17NO5S. The molecular weight excluding hydrogens is 246 g/mol. The number of carboxylic acid groups (broad SMARTS) is 1. The van der Waals surface area contributed by atoms with Crippen molar-refractivity contribution in [3.63, 3.8) is 0 Å². The molecule has 1 fully saturated rings.